The first-order valence-electron chi connectivity index (χ1n) is 7.65. The van der Waals surface area contributed by atoms with Crippen molar-refractivity contribution in [1.82, 2.24) is 10.2 Å². The van der Waals surface area contributed by atoms with Crippen molar-refractivity contribution in [3.8, 4) is 0 Å². The second kappa shape index (κ2) is 9.43. The van der Waals surface area contributed by atoms with E-state index in [-0.39, 0.29) is 30.6 Å². The molecule has 1 aliphatic heterocycles. The Hall–Kier alpha value is 0.130. The van der Waals surface area contributed by atoms with E-state index in [4.69, 9.17) is 0 Å². The Morgan fingerprint density at radius 3 is 2.32 bits per heavy atom. The van der Waals surface area contributed by atoms with Gasteiger partial charge in [0, 0.05) is 36.7 Å². The van der Waals surface area contributed by atoms with Crippen LogP contribution < -0.4 is 5.32 Å². The molecule has 1 aliphatic carbocycles. The summed E-state index contributed by atoms with van der Waals surface area (Å²) in [7, 11) is 0. The molecule has 1 aromatic carbocycles. The first-order chi connectivity index (χ1) is 9.74. The summed E-state index contributed by atoms with van der Waals surface area (Å²) < 4.78 is 14.6. The average molecular weight is 414 g/mol. The highest BCUT2D eigenvalue weighted by Gasteiger charge is 2.32. The molecule has 1 saturated carbocycles. The van der Waals surface area contributed by atoms with Gasteiger partial charge in [0.25, 0.3) is 0 Å². The third kappa shape index (κ3) is 4.81. The lowest BCUT2D eigenvalue weighted by Crippen LogP contribution is -2.46. The van der Waals surface area contributed by atoms with Crippen LogP contribution in [0.15, 0.2) is 22.7 Å². The number of nitrogens with one attached hydrogen (secondary N) is 1. The first kappa shape index (κ1) is 20.2. The number of hydrogen-bond donors (Lipinski definition) is 1. The molecule has 2 fully saturated rings. The van der Waals surface area contributed by atoms with Crippen molar-refractivity contribution in [1.29, 1.82) is 0 Å². The van der Waals surface area contributed by atoms with Gasteiger partial charge in [-0.25, -0.2) is 4.39 Å². The van der Waals surface area contributed by atoms with Gasteiger partial charge in [-0.2, -0.15) is 0 Å². The molecule has 0 spiro atoms. The number of nitrogens with zero attached hydrogens (tertiary/aromatic N) is 1. The fraction of sp³-hybridized carbons (Fsp3) is 0.625. The third-order valence-electron chi connectivity index (χ3n) is 4.62. The molecular formula is C16H24BrCl2FN2. The molecule has 0 radical (unpaired) electrons. The summed E-state index contributed by atoms with van der Waals surface area (Å²) in [5.74, 6) is 0.550. The number of rotatable bonds is 3. The van der Waals surface area contributed by atoms with Crippen LogP contribution in [-0.2, 0) is 0 Å². The van der Waals surface area contributed by atoms with Crippen LogP contribution in [0.25, 0.3) is 0 Å². The van der Waals surface area contributed by atoms with Gasteiger partial charge in [0.15, 0.2) is 0 Å². The summed E-state index contributed by atoms with van der Waals surface area (Å²) >= 11 is 3.44. The number of halogens is 4. The maximum Gasteiger partial charge on any atom is 0.124 e. The molecule has 0 bridgehead atoms. The zero-order valence-corrected chi connectivity index (χ0v) is 15.8. The molecular weight excluding hydrogens is 390 g/mol. The lowest BCUT2D eigenvalue weighted by Gasteiger charge is -2.38. The fourth-order valence-electron chi connectivity index (χ4n) is 3.76. The SMILES string of the molecule is Cl.Cl.Fc1cc(Br)cc([C@H](C2CCCC2)N2CCNCC2)c1. The normalized spacial score (nSPS) is 21.0. The molecule has 0 unspecified atom stereocenters. The van der Waals surface area contributed by atoms with Crippen molar-refractivity contribution in [2.75, 3.05) is 26.2 Å². The van der Waals surface area contributed by atoms with E-state index in [1.165, 1.54) is 25.7 Å². The van der Waals surface area contributed by atoms with Gasteiger partial charge in [0.1, 0.15) is 5.82 Å². The minimum Gasteiger partial charge on any atom is -0.314 e. The van der Waals surface area contributed by atoms with Crippen molar-refractivity contribution in [2.24, 2.45) is 5.92 Å². The Labute approximate surface area is 153 Å². The Morgan fingerprint density at radius 1 is 1.09 bits per heavy atom. The van der Waals surface area contributed by atoms with Crippen molar-refractivity contribution in [3.05, 3.63) is 34.1 Å². The molecule has 6 heteroatoms. The molecule has 126 valence electrons. The Kier molecular flexibility index (Phi) is 8.65. The number of benzene rings is 1. The van der Waals surface area contributed by atoms with Crippen LogP contribution in [0.4, 0.5) is 4.39 Å². The summed E-state index contributed by atoms with van der Waals surface area (Å²) in [6, 6.07) is 5.77. The molecule has 0 amide bonds. The highest BCUT2D eigenvalue weighted by molar-refractivity contribution is 9.10. The molecule has 1 saturated heterocycles. The van der Waals surface area contributed by atoms with Gasteiger partial charge in [-0.3, -0.25) is 4.90 Å². The predicted octanol–water partition coefficient (Wildman–Crippen LogP) is 4.57. The van der Waals surface area contributed by atoms with Crippen LogP contribution in [0.5, 0.6) is 0 Å². The molecule has 1 aromatic rings. The smallest absolute Gasteiger partial charge is 0.124 e. The van der Waals surface area contributed by atoms with E-state index in [9.17, 15) is 4.39 Å². The van der Waals surface area contributed by atoms with Crippen LogP contribution in [0, 0.1) is 11.7 Å². The lowest BCUT2D eigenvalue weighted by molar-refractivity contribution is 0.125. The van der Waals surface area contributed by atoms with Crippen LogP contribution in [0.3, 0.4) is 0 Å². The summed E-state index contributed by atoms with van der Waals surface area (Å²) in [5.41, 5.74) is 1.14. The predicted molar refractivity (Wildman–Crippen MR) is 97.7 cm³/mol. The van der Waals surface area contributed by atoms with E-state index in [1.54, 1.807) is 12.1 Å². The number of piperazine rings is 1. The minimum atomic E-state index is -0.132. The van der Waals surface area contributed by atoms with E-state index in [2.05, 4.69) is 32.2 Å². The Balaban J connectivity index is 0.00000121. The van der Waals surface area contributed by atoms with Crippen molar-refractivity contribution in [3.63, 3.8) is 0 Å². The van der Waals surface area contributed by atoms with E-state index in [0.717, 1.165) is 36.2 Å². The number of hydrogen-bond acceptors (Lipinski definition) is 2. The zero-order valence-electron chi connectivity index (χ0n) is 12.6. The summed E-state index contributed by atoms with van der Waals surface area (Å²) in [4.78, 5) is 2.55. The standard InChI is InChI=1S/C16H22BrFN2.2ClH/c17-14-9-13(10-15(18)11-14)16(12-3-1-2-4-12)20-7-5-19-6-8-20;;/h9-12,16,19H,1-8H2;2*1H/t16-;;/m0../s1. The third-order valence-corrected chi connectivity index (χ3v) is 5.08. The van der Waals surface area contributed by atoms with Crippen LogP contribution >= 0.6 is 40.7 Å². The van der Waals surface area contributed by atoms with Gasteiger partial charge in [-0.1, -0.05) is 28.8 Å². The lowest BCUT2D eigenvalue weighted by atomic mass is 9.89. The molecule has 22 heavy (non-hydrogen) atoms. The minimum absolute atomic E-state index is 0. The van der Waals surface area contributed by atoms with Crippen molar-refractivity contribution >= 4 is 40.7 Å². The van der Waals surface area contributed by atoms with Gasteiger partial charge in [-0.05, 0) is 42.5 Å². The van der Waals surface area contributed by atoms with Crippen LogP contribution in [-0.4, -0.2) is 31.1 Å². The summed E-state index contributed by atoms with van der Waals surface area (Å²) in [6.07, 6.45) is 5.21. The van der Waals surface area contributed by atoms with Gasteiger partial charge in [0.05, 0.1) is 0 Å². The molecule has 1 atom stereocenters. The molecule has 3 rings (SSSR count). The van der Waals surface area contributed by atoms with Gasteiger partial charge < -0.3 is 5.32 Å². The van der Waals surface area contributed by atoms with E-state index >= 15 is 0 Å². The molecule has 1 N–H and O–H groups in total. The Bertz CT molecular complexity index is 443. The second-order valence-electron chi connectivity index (χ2n) is 5.98. The van der Waals surface area contributed by atoms with E-state index in [1.807, 2.05) is 0 Å². The van der Waals surface area contributed by atoms with E-state index in [0.29, 0.717) is 12.0 Å². The first-order valence-corrected chi connectivity index (χ1v) is 8.44. The zero-order chi connectivity index (χ0) is 13.9. The van der Waals surface area contributed by atoms with Crippen molar-refractivity contribution in [2.45, 2.75) is 31.7 Å². The highest BCUT2D eigenvalue weighted by atomic mass is 79.9. The van der Waals surface area contributed by atoms with Gasteiger partial charge in [-0.15, -0.1) is 24.8 Å². The fourth-order valence-corrected chi connectivity index (χ4v) is 4.24. The monoisotopic (exact) mass is 412 g/mol. The molecule has 0 aromatic heterocycles. The average Bonchev–Trinajstić information content (AvgIpc) is 2.93. The molecule has 2 nitrogen and oxygen atoms in total. The Morgan fingerprint density at radius 2 is 1.73 bits per heavy atom. The van der Waals surface area contributed by atoms with Crippen molar-refractivity contribution < 1.29 is 4.39 Å². The van der Waals surface area contributed by atoms with Gasteiger partial charge >= 0.3 is 0 Å². The largest absolute Gasteiger partial charge is 0.314 e. The van der Waals surface area contributed by atoms with E-state index < -0.39 is 0 Å². The molecule has 2 aliphatic rings. The quantitative estimate of drug-likeness (QED) is 0.780. The van der Waals surface area contributed by atoms with Crippen LogP contribution in [0.2, 0.25) is 0 Å². The second-order valence-corrected chi connectivity index (χ2v) is 6.89. The maximum absolute atomic E-state index is 13.8. The van der Waals surface area contributed by atoms with Crippen LogP contribution in [0.1, 0.15) is 37.3 Å². The topological polar surface area (TPSA) is 15.3 Å². The molecule has 1 heterocycles. The summed E-state index contributed by atoms with van der Waals surface area (Å²) in [6.45, 7) is 4.21. The highest BCUT2D eigenvalue weighted by Crippen LogP contribution is 2.40. The maximum atomic E-state index is 13.8. The van der Waals surface area contributed by atoms with Gasteiger partial charge in [0.2, 0.25) is 0 Å². The summed E-state index contributed by atoms with van der Waals surface area (Å²) in [5, 5.41) is 3.41.